The molecule has 2 aromatic rings. The Kier molecular flexibility index (Phi) is 6.34. The maximum Gasteiger partial charge on any atom is 0.276 e. The summed E-state index contributed by atoms with van der Waals surface area (Å²) in [5.74, 6) is 0.447. The predicted octanol–water partition coefficient (Wildman–Crippen LogP) is 2.72. The van der Waals surface area contributed by atoms with E-state index in [2.05, 4.69) is 15.8 Å². The highest BCUT2D eigenvalue weighted by Gasteiger charge is 2.39. The Hall–Kier alpha value is -3.17. The quantitative estimate of drug-likeness (QED) is 0.693. The molecule has 31 heavy (non-hydrogen) atoms. The lowest BCUT2D eigenvalue weighted by Gasteiger charge is -2.32. The third-order valence-corrected chi connectivity index (χ3v) is 5.93. The summed E-state index contributed by atoms with van der Waals surface area (Å²) in [6.45, 7) is 0.417. The molecule has 1 atom stereocenters. The van der Waals surface area contributed by atoms with Gasteiger partial charge in [0, 0.05) is 24.0 Å². The monoisotopic (exact) mass is 457 g/mol. The third kappa shape index (κ3) is 4.62. The van der Waals surface area contributed by atoms with Crippen LogP contribution in [0.15, 0.2) is 66.0 Å². The lowest BCUT2D eigenvalue weighted by Crippen LogP contribution is -2.52. The number of amides is 2. The maximum atomic E-state index is 13.0. The van der Waals surface area contributed by atoms with Gasteiger partial charge in [-0.25, -0.2) is 0 Å². The molecule has 2 aromatic carbocycles. The summed E-state index contributed by atoms with van der Waals surface area (Å²) >= 11 is 7.12. The van der Waals surface area contributed by atoms with E-state index in [0.717, 1.165) is 5.56 Å². The molecule has 2 heterocycles. The molecule has 2 aliphatic rings. The zero-order valence-corrected chi connectivity index (χ0v) is 18.2. The standard InChI is InChI=1S/C21H20ClN5O3S/c1-30-17-5-3-2-4-16(17)26-10-11-27-19(20(26)29)24-25-21(27)31-13-18(28)23-12-14-6-8-15(22)9-7-14/h2-11,19,24H,12-13H2,1H3,(H,23,28). The van der Waals surface area contributed by atoms with Crippen LogP contribution in [-0.2, 0) is 16.1 Å². The van der Waals surface area contributed by atoms with Gasteiger partial charge in [0.05, 0.1) is 18.6 Å². The Morgan fingerprint density at radius 2 is 2.00 bits per heavy atom. The van der Waals surface area contributed by atoms with Crippen molar-refractivity contribution in [3.63, 3.8) is 0 Å². The first kappa shape index (κ1) is 21.1. The first-order valence-electron chi connectivity index (χ1n) is 9.47. The van der Waals surface area contributed by atoms with Gasteiger partial charge < -0.3 is 10.1 Å². The summed E-state index contributed by atoms with van der Waals surface area (Å²) in [6.07, 6.45) is 2.76. The summed E-state index contributed by atoms with van der Waals surface area (Å²) in [6, 6.07) is 14.6. The molecule has 8 nitrogen and oxygen atoms in total. The van der Waals surface area contributed by atoms with Crippen LogP contribution in [0, 0.1) is 0 Å². The maximum absolute atomic E-state index is 13.0. The van der Waals surface area contributed by atoms with E-state index >= 15 is 0 Å². The minimum Gasteiger partial charge on any atom is -0.495 e. The number of hydrogen-bond acceptors (Lipinski definition) is 7. The number of fused-ring (bicyclic) bond motifs is 1. The van der Waals surface area contributed by atoms with E-state index in [-0.39, 0.29) is 17.6 Å². The van der Waals surface area contributed by atoms with Gasteiger partial charge in [-0.2, -0.15) is 5.10 Å². The fourth-order valence-corrected chi connectivity index (χ4v) is 4.05. The van der Waals surface area contributed by atoms with Gasteiger partial charge in [-0.1, -0.05) is 47.6 Å². The van der Waals surface area contributed by atoms with E-state index in [9.17, 15) is 9.59 Å². The van der Waals surface area contributed by atoms with E-state index in [4.69, 9.17) is 16.3 Å². The number of ether oxygens (including phenoxy) is 1. The average Bonchev–Trinajstić information content (AvgIpc) is 3.21. The number of hydrazone groups is 1. The Morgan fingerprint density at radius 1 is 1.23 bits per heavy atom. The van der Waals surface area contributed by atoms with Gasteiger partial charge in [-0.3, -0.25) is 24.8 Å². The molecular formula is C21H20ClN5O3S. The lowest BCUT2D eigenvalue weighted by atomic mass is 10.2. The van der Waals surface area contributed by atoms with Gasteiger partial charge in [-0.15, -0.1) is 0 Å². The minimum atomic E-state index is -0.672. The molecule has 0 saturated carbocycles. The number of amidine groups is 1. The normalized spacial score (nSPS) is 17.2. The number of carbonyl (C=O) groups is 2. The van der Waals surface area contributed by atoms with E-state index in [0.29, 0.717) is 28.2 Å². The zero-order valence-electron chi connectivity index (χ0n) is 16.6. The van der Waals surface area contributed by atoms with Crippen LogP contribution in [0.2, 0.25) is 5.02 Å². The summed E-state index contributed by atoms with van der Waals surface area (Å²) in [7, 11) is 1.56. The van der Waals surface area contributed by atoms with Crippen LogP contribution in [0.25, 0.3) is 0 Å². The number of rotatable bonds is 6. The van der Waals surface area contributed by atoms with Crippen molar-refractivity contribution in [2.45, 2.75) is 12.7 Å². The summed E-state index contributed by atoms with van der Waals surface area (Å²) in [5, 5.41) is 8.30. The molecule has 10 heteroatoms. The van der Waals surface area contributed by atoms with Gasteiger partial charge in [-0.05, 0) is 29.8 Å². The summed E-state index contributed by atoms with van der Waals surface area (Å²) < 4.78 is 5.36. The Balaban J connectivity index is 1.34. The van der Waals surface area contributed by atoms with Crippen molar-refractivity contribution in [2.75, 3.05) is 17.8 Å². The van der Waals surface area contributed by atoms with E-state index in [1.165, 1.54) is 16.7 Å². The number of nitrogens with zero attached hydrogens (tertiary/aromatic N) is 3. The number of nitrogens with one attached hydrogen (secondary N) is 2. The molecule has 0 saturated heterocycles. The number of para-hydroxylation sites is 2. The average molecular weight is 458 g/mol. The second-order valence-corrected chi connectivity index (χ2v) is 8.08. The van der Waals surface area contributed by atoms with Crippen molar-refractivity contribution in [1.29, 1.82) is 0 Å². The molecule has 0 spiro atoms. The van der Waals surface area contributed by atoms with Crippen LogP contribution in [0.4, 0.5) is 5.69 Å². The summed E-state index contributed by atoms with van der Waals surface area (Å²) in [4.78, 5) is 28.4. The van der Waals surface area contributed by atoms with E-state index in [1.807, 2.05) is 30.3 Å². The van der Waals surface area contributed by atoms with Crippen molar-refractivity contribution >= 4 is 46.0 Å². The highest BCUT2D eigenvalue weighted by atomic mass is 35.5. The van der Waals surface area contributed by atoms with Gasteiger partial charge in [0.2, 0.25) is 12.1 Å². The van der Waals surface area contributed by atoms with Crippen LogP contribution in [0.3, 0.4) is 0 Å². The van der Waals surface area contributed by atoms with Gasteiger partial charge >= 0.3 is 0 Å². The zero-order chi connectivity index (χ0) is 21.8. The van der Waals surface area contributed by atoms with Crippen molar-refractivity contribution in [1.82, 2.24) is 15.6 Å². The Labute approximate surface area is 188 Å². The molecule has 0 aromatic heterocycles. The van der Waals surface area contributed by atoms with Gasteiger partial charge in [0.1, 0.15) is 5.75 Å². The third-order valence-electron chi connectivity index (χ3n) is 4.71. The fourth-order valence-electron chi connectivity index (χ4n) is 3.13. The largest absolute Gasteiger partial charge is 0.495 e. The van der Waals surface area contributed by atoms with Crippen molar-refractivity contribution < 1.29 is 14.3 Å². The number of anilines is 1. The number of halogens is 1. The molecule has 2 N–H and O–H groups in total. The van der Waals surface area contributed by atoms with Crippen LogP contribution < -0.4 is 20.4 Å². The molecule has 2 aliphatic heterocycles. The fraction of sp³-hybridized carbons (Fsp3) is 0.190. The smallest absolute Gasteiger partial charge is 0.276 e. The van der Waals surface area contributed by atoms with Crippen molar-refractivity contribution in [3.05, 3.63) is 71.5 Å². The van der Waals surface area contributed by atoms with Crippen LogP contribution in [0.1, 0.15) is 5.56 Å². The second-order valence-electron chi connectivity index (χ2n) is 6.70. The highest BCUT2D eigenvalue weighted by Crippen LogP contribution is 2.32. The molecule has 4 rings (SSSR count). The number of hydrogen-bond donors (Lipinski definition) is 2. The number of benzene rings is 2. The van der Waals surface area contributed by atoms with Crippen LogP contribution >= 0.6 is 23.4 Å². The first-order valence-corrected chi connectivity index (χ1v) is 10.8. The Bertz CT molecular complexity index is 1040. The second kappa shape index (κ2) is 9.32. The molecule has 0 bridgehead atoms. The highest BCUT2D eigenvalue weighted by molar-refractivity contribution is 8.14. The molecule has 160 valence electrons. The van der Waals surface area contributed by atoms with Crippen LogP contribution in [0.5, 0.6) is 5.75 Å². The van der Waals surface area contributed by atoms with Gasteiger partial charge in [0.25, 0.3) is 5.91 Å². The predicted molar refractivity (Wildman–Crippen MR) is 122 cm³/mol. The first-order chi connectivity index (χ1) is 15.1. The van der Waals surface area contributed by atoms with Crippen LogP contribution in [-0.4, -0.2) is 40.9 Å². The Morgan fingerprint density at radius 3 is 2.77 bits per heavy atom. The van der Waals surface area contributed by atoms with Crippen molar-refractivity contribution in [2.24, 2.45) is 5.10 Å². The minimum absolute atomic E-state index is 0.130. The molecule has 2 amide bonds. The SMILES string of the molecule is COc1ccccc1N1C=CN2C(SCC(=O)NCc3ccc(Cl)cc3)=NNC2C1=O. The van der Waals surface area contributed by atoms with E-state index in [1.54, 1.807) is 42.6 Å². The molecule has 0 radical (unpaired) electrons. The van der Waals surface area contributed by atoms with Crippen molar-refractivity contribution in [3.8, 4) is 5.75 Å². The number of carbonyl (C=O) groups excluding carboxylic acids is 2. The number of thioether (sulfide) groups is 1. The van der Waals surface area contributed by atoms with E-state index < -0.39 is 6.17 Å². The lowest BCUT2D eigenvalue weighted by molar-refractivity contribution is -0.122. The summed E-state index contributed by atoms with van der Waals surface area (Å²) in [5.41, 5.74) is 4.46. The topological polar surface area (TPSA) is 86.3 Å². The van der Waals surface area contributed by atoms with Gasteiger partial charge in [0.15, 0.2) is 5.17 Å². The number of methoxy groups -OCH3 is 1. The molecule has 1 unspecified atom stereocenters. The molecule has 0 fully saturated rings. The molecule has 0 aliphatic carbocycles. The molecular weight excluding hydrogens is 438 g/mol.